The SMILES string of the molecule is CCCCCCOc1ccc(Br)cc1C(=O)NC(=S)NC. The molecule has 0 unspecified atom stereocenters. The van der Waals surface area contributed by atoms with Crippen LogP contribution in [0.5, 0.6) is 5.75 Å². The molecule has 21 heavy (non-hydrogen) atoms. The topological polar surface area (TPSA) is 50.4 Å². The predicted octanol–water partition coefficient (Wildman–Crippen LogP) is 3.64. The van der Waals surface area contributed by atoms with Crippen LogP contribution in [-0.4, -0.2) is 24.7 Å². The van der Waals surface area contributed by atoms with Gasteiger partial charge in [0.2, 0.25) is 0 Å². The van der Waals surface area contributed by atoms with Crippen molar-refractivity contribution in [2.45, 2.75) is 32.6 Å². The van der Waals surface area contributed by atoms with Gasteiger partial charge in [-0.1, -0.05) is 42.1 Å². The van der Waals surface area contributed by atoms with E-state index in [1.807, 2.05) is 6.07 Å². The molecule has 1 rings (SSSR count). The monoisotopic (exact) mass is 372 g/mol. The molecular formula is C15H21BrN2O2S. The molecule has 116 valence electrons. The summed E-state index contributed by atoms with van der Waals surface area (Å²) in [5.74, 6) is 0.297. The van der Waals surface area contributed by atoms with Gasteiger partial charge in [-0.25, -0.2) is 0 Å². The molecule has 0 aliphatic rings. The molecule has 0 aliphatic carbocycles. The first kappa shape index (κ1) is 17.9. The van der Waals surface area contributed by atoms with E-state index in [9.17, 15) is 4.79 Å². The molecule has 0 aliphatic heterocycles. The number of thiocarbonyl (C=S) groups is 1. The molecule has 0 atom stereocenters. The Balaban J connectivity index is 2.70. The second-order valence-corrected chi connectivity index (χ2v) is 5.91. The van der Waals surface area contributed by atoms with Gasteiger partial charge in [-0.2, -0.15) is 0 Å². The first-order valence-corrected chi connectivity index (χ1v) is 8.24. The average molecular weight is 373 g/mol. The highest BCUT2D eigenvalue weighted by Crippen LogP contribution is 2.23. The van der Waals surface area contributed by atoms with Gasteiger partial charge in [0.1, 0.15) is 5.75 Å². The van der Waals surface area contributed by atoms with Crippen molar-refractivity contribution in [3.63, 3.8) is 0 Å². The molecular weight excluding hydrogens is 352 g/mol. The van der Waals surface area contributed by atoms with Crippen LogP contribution >= 0.6 is 28.1 Å². The lowest BCUT2D eigenvalue weighted by molar-refractivity contribution is 0.0972. The van der Waals surface area contributed by atoms with Gasteiger partial charge in [0.25, 0.3) is 5.91 Å². The zero-order chi connectivity index (χ0) is 15.7. The van der Waals surface area contributed by atoms with Crippen molar-refractivity contribution >= 4 is 39.2 Å². The maximum atomic E-state index is 12.2. The Morgan fingerprint density at radius 2 is 2.10 bits per heavy atom. The van der Waals surface area contributed by atoms with Gasteiger partial charge in [-0.05, 0) is 36.8 Å². The molecule has 0 saturated carbocycles. The summed E-state index contributed by atoms with van der Waals surface area (Å²) in [7, 11) is 1.66. The van der Waals surface area contributed by atoms with Gasteiger partial charge in [-0.3, -0.25) is 10.1 Å². The van der Waals surface area contributed by atoms with Crippen molar-refractivity contribution in [2.24, 2.45) is 0 Å². The Hall–Kier alpha value is -1.14. The first-order valence-electron chi connectivity index (χ1n) is 7.04. The second-order valence-electron chi connectivity index (χ2n) is 4.58. The summed E-state index contributed by atoms with van der Waals surface area (Å²) in [5, 5.41) is 5.60. The quantitative estimate of drug-likeness (QED) is 0.566. The van der Waals surface area contributed by atoms with E-state index in [2.05, 4.69) is 33.5 Å². The molecule has 6 heteroatoms. The molecule has 2 N–H and O–H groups in total. The maximum Gasteiger partial charge on any atom is 0.261 e. The molecule has 0 bridgehead atoms. The zero-order valence-corrected chi connectivity index (χ0v) is 14.8. The third-order valence-corrected chi connectivity index (χ3v) is 3.70. The lowest BCUT2D eigenvalue weighted by Crippen LogP contribution is -2.37. The fourth-order valence-corrected chi connectivity index (χ4v) is 2.20. The second kappa shape index (κ2) is 9.73. The van der Waals surface area contributed by atoms with Crippen LogP contribution in [0.1, 0.15) is 43.0 Å². The third-order valence-electron chi connectivity index (χ3n) is 2.90. The Labute approximate surface area is 139 Å². The number of amides is 1. The summed E-state index contributed by atoms with van der Waals surface area (Å²) >= 11 is 8.31. The first-order chi connectivity index (χ1) is 10.1. The molecule has 4 nitrogen and oxygen atoms in total. The molecule has 1 amide bonds. The number of halogens is 1. The van der Waals surface area contributed by atoms with E-state index in [-0.39, 0.29) is 11.0 Å². The van der Waals surface area contributed by atoms with Gasteiger partial charge < -0.3 is 10.1 Å². The van der Waals surface area contributed by atoms with E-state index < -0.39 is 0 Å². The number of rotatable bonds is 7. The number of ether oxygens (including phenoxy) is 1. The van der Waals surface area contributed by atoms with Crippen LogP contribution in [0.3, 0.4) is 0 Å². The average Bonchev–Trinajstić information content (AvgIpc) is 2.48. The fourth-order valence-electron chi connectivity index (χ4n) is 1.75. The third kappa shape index (κ3) is 6.44. The minimum absolute atomic E-state index is 0.279. The smallest absolute Gasteiger partial charge is 0.261 e. The van der Waals surface area contributed by atoms with Crippen LogP contribution in [0.4, 0.5) is 0 Å². The van der Waals surface area contributed by atoms with E-state index in [1.54, 1.807) is 19.2 Å². The van der Waals surface area contributed by atoms with E-state index in [4.69, 9.17) is 17.0 Å². The van der Waals surface area contributed by atoms with Crippen molar-refractivity contribution in [3.05, 3.63) is 28.2 Å². The minimum atomic E-state index is -0.279. The van der Waals surface area contributed by atoms with Crippen LogP contribution in [0.15, 0.2) is 22.7 Å². The van der Waals surface area contributed by atoms with E-state index in [0.717, 1.165) is 17.3 Å². The summed E-state index contributed by atoms with van der Waals surface area (Å²) in [4.78, 5) is 12.2. The predicted molar refractivity (Wildman–Crippen MR) is 92.9 cm³/mol. The van der Waals surface area contributed by atoms with Crippen LogP contribution in [0.2, 0.25) is 0 Å². The van der Waals surface area contributed by atoms with Crippen molar-refractivity contribution in [2.75, 3.05) is 13.7 Å². The lowest BCUT2D eigenvalue weighted by Gasteiger charge is -2.12. The summed E-state index contributed by atoms with van der Waals surface area (Å²) in [5.41, 5.74) is 0.470. The molecule has 0 spiro atoms. The number of carbonyl (C=O) groups is 1. The standard InChI is InChI=1S/C15H21BrN2O2S/c1-3-4-5-6-9-20-13-8-7-11(16)10-12(13)14(19)18-15(21)17-2/h7-8,10H,3-6,9H2,1-2H3,(H2,17,18,19,21). The van der Waals surface area contributed by atoms with Crippen LogP contribution in [0, 0.1) is 0 Å². The number of carbonyl (C=O) groups excluding carboxylic acids is 1. The van der Waals surface area contributed by atoms with Gasteiger partial charge in [0.05, 0.1) is 12.2 Å². The molecule has 0 aromatic heterocycles. The van der Waals surface area contributed by atoms with E-state index >= 15 is 0 Å². The number of hydrogen-bond acceptors (Lipinski definition) is 3. The maximum absolute atomic E-state index is 12.2. The lowest BCUT2D eigenvalue weighted by atomic mass is 10.2. The summed E-state index contributed by atoms with van der Waals surface area (Å²) in [6, 6.07) is 5.38. The zero-order valence-electron chi connectivity index (χ0n) is 12.4. The Morgan fingerprint density at radius 3 is 2.76 bits per heavy atom. The number of unbranched alkanes of at least 4 members (excludes halogenated alkanes) is 3. The van der Waals surface area contributed by atoms with Crippen molar-refractivity contribution in [1.29, 1.82) is 0 Å². The Kier molecular flexibility index (Phi) is 8.30. The number of hydrogen-bond donors (Lipinski definition) is 2. The largest absolute Gasteiger partial charge is 0.493 e. The highest BCUT2D eigenvalue weighted by atomic mass is 79.9. The van der Waals surface area contributed by atoms with Gasteiger partial charge in [0.15, 0.2) is 5.11 Å². The molecule has 1 aromatic carbocycles. The number of benzene rings is 1. The van der Waals surface area contributed by atoms with E-state index in [1.165, 1.54) is 12.8 Å². The van der Waals surface area contributed by atoms with Crippen LogP contribution < -0.4 is 15.4 Å². The van der Waals surface area contributed by atoms with E-state index in [0.29, 0.717) is 17.9 Å². The fraction of sp³-hybridized carbons (Fsp3) is 0.467. The Morgan fingerprint density at radius 1 is 1.33 bits per heavy atom. The van der Waals surface area contributed by atoms with Gasteiger partial charge in [-0.15, -0.1) is 0 Å². The highest BCUT2D eigenvalue weighted by molar-refractivity contribution is 9.10. The Bertz CT molecular complexity index is 495. The van der Waals surface area contributed by atoms with Crippen LogP contribution in [-0.2, 0) is 0 Å². The van der Waals surface area contributed by atoms with Crippen molar-refractivity contribution in [3.8, 4) is 5.75 Å². The van der Waals surface area contributed by atoms with Crippen LogP contribution in [0.25, 0.3) is 0 Å². The summed E-state index contributed by atoms with van der Waals surface area (Å²) in [6.45, 7) is 2.78. The highest BCUT2D eigenvalue weighted by Gasteiger charge is 2.14. The normalized spacial score (nSPS) is 10.0. The molecule has 0 heterocycles. The van der Waals surface area contributed by atoms with Crippen molar-refractivity contribution < 1.29 is 9.53 Å². The molecule has 0 fully saturated rings. The molecule has 0 saturated heterocycles. The van der Waals surface area contributed by atoms with Gasteiger partial charge >= 0.3 is 0 Å². The summed E-state index contributed by atoms with van der Waals surface area (Å²) < 4.78 is 6.55. The van der Waals surface area contributed by atoms with Gasteiger partial charge in [0, 0.05) is 11.5 Å². The summed E-state index contributed by atoms with van der Waals surface area (Å²) in [6.07, 6.45) is 4.51. The molecule has 0 radical (unpaired) electrons. The minimum Gasteiger partial charge on any atom is -0.493 e. The number of nitrogens with one attached hydrogen (secondary N) is 2. The van der Waals surface area contributed by atoms with Crippen molar-refractivity contribution in [1.82, 2.24) is 10.6 Å². The molecule has 1 aromatic rings.